The molecule has 0 radical (unpaired) electrons. The molecule has 0 spiro atoms. The lowest BCUT2D eigenvalue weighted by molar-refractivity contribution is 0.121. The molecule has 112 valence electrons. The fraction of sp³-hybridized carbons (Fsp3) is 0.500. The molecule has 0 saturated carbocycles. The lowest BCUT2D eigenvalue weighted by Gasteiger charge is -2.34. The predicted molar refractivity (Wildman–Crippen MR) is 82.7 cm³/mol. The summed E-state index contributed by atoms with van der Waals surface area (Å²) in [4.78, 5) is 9.40. The molecule has 0 aromatic carbocycles. The summed E-state index contributed by atoms with van der Waals surface area (Å²) in [5.41, 5.74) is 3.77. The van der Waals surface area contributed by atoms with E-state index in [2.05, 4.69) is 38.9 Å². The summed E-state index contributed by atoms with van der Waals surface area (Å²) in [5, 5.41) is 4.32. The van der Waals surface area contributed by atoms with Crippen LogP contribution in [0.2, 0.25) is 0 Å². The van der Waals surface area contributed by atoms with Crippen molar-refractivity contribution < 1.29 is 0 Å². The summed E-state index contributed by atoms with van der Waals surface area (Å²) in [6.07, 6.45) is 3.87. The van der Waals surface area contributed by atoms with Gasteiger partial charge in [0, 0.05) is 63.8 Å². The van der Waals surface area contributed by atoms with Gasteiger partial charge >= 0.3 is 0 Å². The molecule has 3 heterocycles. The average molecular weight is 285 g/mol. The molecule has 0 amide bonds. The van der Waals surface area contributed by atoms with E-state index < -0.39 is 0 Å². The van der Waals surface area contributed by atoms with Crippen LogP contribution >= 0.6 is 0 Å². The molecule has 0 aliphatic carbocycles. The van der Waals surface area contributed by atoms with Crippen LogP contribution < -0.4 is 0 Å². The molecule has 0 N–H and O–H groups in total. The van der Waals surface area contributed by atoms with Crippen LogP contribution in [0.5, 0.6) is 0 Å². The van der Waals surface area contributed by atoms with Crippen LogP contribution in [0.1, 0.15) is 17.0 Å². The normalized spacial score (nSPS) is 17.2. The third kappa shape index (κ3) is 3.49. The Labute approximate surface area is 126 Å². The SMILES string of the molecule is Cc1c(CN2CCN(Cc3ccccn3)CC2)cnn1C. The van der Waals surface area contributed by atoms with Crippen LogP contribution in [-0.2, 0) is 20.1 Å². The maximum Gasteiger partial charge on any atom is 0.0543 e. The van der Waals surface area contributed by atoms with Gasteiger partial charge in [-0.05, 0) is 19.1 Å². The standard InChI is InChI=1S/C16H23N5/c1-14-15(11-18-19(14)2)12-20-7-9-21(10-8-20)13-16-5-3-4-6-17-16/h3-6,11H,7-10,12-13H2,1-2H3. The third-order valence-electron chi connectivity index (χ3n) is 4.31. The maximum atomic E-state index is 4.41. The Morgan fingerprint density at radius 3 is 2.33 bits per heavy atom. The van der Waals surface area contributed by atoms with E-state index >= 15 is 0 Å². The van der Waals surface area contributed by atoms with Crippen molar-refractivity contribution in [1.29, 1.82) is 0 Å². The largest absolute Gasteiger partial charge is 0.296 e. The van der Waals surface area contributed by atoms with Crippen LogP contribution in [0.25, 0.3) is 0 Å². The highest BCUT2D eigenvalue weighted by Crippen LogP contribution is 2.12. The van der Waals surface area contributed by atoms with Gasteiger partial charge in [-0.25, -0.2) is 0 Å². The molecule has 5 nitrogen and oxygen atoms in total. The molecule has 1 saturated heterocycles. The molecular weight excluding hydrogens is 262 g/mol. The number of nitrogens with zero attached hydrogens (tertiary/aromatic N) is 5. The summed E-state index contributed by atoms with van der Waals surface area (Å²) in [6, 6.07) is 6.13. The number of piperazine rings is 1. The zero-order chi connectivity index (χ0) is 14.7. The highest BCUT2D eigenvalue weighted by molar-refractivity contribution is 5.15. The van der Waals surface area contributed by atoms with Crippen molar-refractivity contribution in [2.75, 3.05) is 26.2 Å². The van der Waals surface area contributed by atoms with Gasteiger partial charge in [0.1, 0.15) is 0 Å². The Kier molecular flexibility index (Phi) is 4.31. The first-order valence-corrected chi connectivity index (χ1v) is 7.54. The van der Waals surface area contributed by atoms with Gasteiger partial charge in [-0.3, -0.25) is 19.5 Å². The highest BCUT2D eigenvalue weighted by atomic mass is 15.3. The van der Waals surface area contributed by atoms with E-state index in [1.807, 2.05) is 30.2 Å². The number of aryl methyl sites for hydroxylation is 1. The highest BCUT2D eigenvalue weighted by Gasteiger charge is 2.18. The van der Waals surface area contributed by atoms with Crippen molar-refractivity contribution in [3.05, 3.63) is 47.5 Å². The third-order valence-corrected chi connectivity index (χ3v) is 4.31. The van der Waals surface area contributed by atoms with Crippen LogP contribution in [0.15, 0.2) is 30.6 Å². The summed E-state index contributed by atoms with van der Waals surface area (Å²) in [6.45, 7) is 8.55. The molecule has 3 rings (SSSR count). The topological polar surface area (TPSA) is 37.2 Å². The molecular formula is C16H23N5. The van der Waals surface area contributed by atoms with E-state index in [0.717, 1.165) is 45.0 Å². The van der Waals surface area contributed by atoms with Gasteiger partial charge in [-0.1, -0.05) is 6.07 Å². The van der Waals surface area contributed by atoms with E-state index in [9.17, 15) is 0 Å². The lowest BCUT2D eigenvalue weighted by Crippen LogP contribution is -2.45. The van der Waals surface area contributed by atoms with Crippen molar-refractivity contribution in [2.45, 2.75) is 20.0 Å². The van der Waals surface area contributed by atoms with Crippen molar-refractivity contribution in [3.63, 3.8) is 0 Å². The van der Waals surface area contributed by atoms with E-state index in [4.69, 9.17) is 0 Å². The first-order valence-electron chi connectivity index (χ1n) is 7.54. The molecule has 1 aliphatic rings. The van der Waals surface area contributed by atoms with E-state index in [1.165, 1.54) is 11.3 Å². The zero-order valence-electron chi connectivity index (χ0n) is 12.9. The second-order valence-electron chi connectivity index (χ2n) is 5.75. The van der Waals surface area contributed by atoms with Crippen LogP contribution in [0, 0.1) is 6.92 Å². The average Bonchev–Trinajstić information content (AvgIpc) is 2.82. The van der Waals surface area contributed by atoms with Crippen LogP contribution in [-0.4, -0.2) is 50.7 Å². The predicted octanol–water partition coefficient (Wildman–Crippen LogP) is 1.44. The van der Waals surface area contributed by atoms with E-state index in [1.54, 1.807) is 0 Å². The minimum absolute atomic E-state index is 0.959. The summed E-state index contributed by atoms with van der Waals surface area (Å²) >= 11 is 0. The van der Waals surface area contributed by atoms with Crippen molar-refractivity contribution in [2.24, 2.45) is 7.05 Å². The number of hydrogen-bond donors (Lipinski definition) is 0. The quantitative estimate of drug-likeness (QED) is 0.852. The van der Waals surface area contributed by atoms with Gasteiger partial charge in [0.2, 0.25) is 0 Å². The molecule has 2 aromatic rings. The van der Waals surface area contributed by atoms with Gasteiger partial charge in [0.05, 0.1) is 11.9 Å². The second kappa shape index (κ2) is 6.37. The molecule has 1 fully saturated rings. The van der Waals surface area contributed by atoms with Crippen LogP contribution in [0.3, 0.4) is 0 Å². The monoisotopic (exact) mass is 285 g/mol. The Bertz CT molecular complexity index is 570. The molecule has 21 heavy (non-hydrogen) atoms. The number of pyridine rings is 1. The molecule has 0 atom stereocenters. The molecule has 1 aliphatic heterocycles. The summed E-state index contributed by atoms with van der Waals surface area (Å²) < 4.78 is 1.95. The first kappa shape index (κ1) is 14.2. The minimum atomic E-state index is 0.959. The van der Waals surface area contributed by atoms with E-state index in [-0.39, 0.29) is 0 Å². The molecule has 2 aromatic heterocycles. The minimum Gasteiger partial charge on any atom is -0.296 e. The lowest BCUT2D eigenvalue weighted by atomic mass is 10.2. The zero-order valence-corrected chi connectivity index (χ0v) is 12.9. The van der Waals surface area contributed by atoms with E-state index in [0.29, 0.717) is 0 Å². The van der Waals surface area contributed by atoms with Gasteiger partial charge < -0.3 is 0 Å². The Morgan fingerprint density at radius 1 is 1.05 bits per heavy atom. The Morgan fingerprint density at radius 2 is 1.76 bits per heavy atom. The van der Waals surface area contributed by atoms with Gasteiger partial charge in [-0.2, -0.15) is 5.10 Å². The Balaban J connectivity index is 1.50. The summed E-state index contributed by atoms with van der Waals surface area (Å²) in [5.74, 6) is 0. The van der Waals surface area contributed by atoms with Gasteiger partial charge in [0.15, 0.2) is 0 Å². The Hall–Kier alpha value is -1.72. The van der Waals surface area contributed by atoms with Crippen molar-refractivity contribution in [1.82, 2.24) is 24.6 Å². The smallest absolute Gasteiger partial charge is 0.0543 e. The fourth-order valence-corrected chi connectivity index (χ4v) is 2.77. The molecule has 0 bridgehead atoms. The number of hydrogen-bond acceptors (Lipinski definition) is 4. The van der Waals surface area contributed by atoms with Crippen molar-refractivity contribution in [3.8, 4) is 0 Å². The maximum absolute atomic E-state index is 4.41. The number of aromatic nitrogens is 3. The fourth-order valence-electron chi connectivity index (χ4n) is 2.77. The van der Waals surface area contributed by atoms with Crippen molar-refractivity contribution >= 4 is 0 Å². The van der Waals surface area contributed by atoms with Gasteiger partial charge in [0.25, 0.3) is 0 Å². The molecule has 0 unspecified atom stereocenters. The summed E-state index contributed by atoms with van der Waals surface area (Å²) in [7, 11) is 2.00. The van der Waals surface area contributed by atoms with Crippen LogP contribution in [0.4, 0.5) is 0 Å². The second-order valence-corrected chi connectivity index (χ2v) is 5.75. The molecule has 5 heteroatoms. The first-order chi connectivity index (χ1) is 10.2. The number of rotatable bonds is 4. The van der Waals surface area contributed by atoms with Gasteiger partial charge in [-0.15, -0.1) is 0 Å².